The minimum atomic E-state index is -4.37. The third-order valence-corrected chi connectivity index (χ3v) is 4.05. The van der Waals surface area contributed by atoms with Gasteiger partial charge in [0.15, 0.2) is 0 Å². The van der Waals surface area contributed by atoms with Crippen LogP contribution in [0.3, 0.4) is 0 Å². The van der Waals surface area contributed by atoms with Gasteiger partial charge in [-0.05, 0) is 12.5 Å². The number of nitrogens with zero attached hydrogens (tertiary/aromatic N) is 2. The van der Waals surface area contributed by atoms with Crippen LogP contribution in [0.1, 0.15) is 12.5 Å². The third kappa shape index (κ3) is 5.84. The zero-order valence-corrected chi connectivity index (χ0v) is 13.1. The second kappa shape index (κ2) is 7.79. The van der Waals surface area contributed by atoms with Gasteiger partial charge in [-0.15, -0.1) is 0 Å². The van der Waals surface area contributed by atoms with Crippen molar-refractivity contribution in [3.8, 4) is 0 Å². The summed E-state index contributed by atoms with van der Waals surface area (Å²) in [5.74, 6) is -0.571. The lowest BCUT2D eigenvalue weighted by Crippen LogP contribution is -2.54. The van der Waals surface area contributed by atoms with Gasteiger partial charge >= 0.3 is 6.18 Å². The number of alkyl halides is 3. The summed E-state index contributed by atoms with van der Waals surface area (Å²) in [6, 6.07) is 9.57. The Morgan fingerprint density at radius 3 is 2.35 bits per heavy atom. The highest BCUT2D eigenvalue weighted by Crippen LogP contribution is 2.13. The molecule has 1 saturated heterocycles. The molecule has 2 rings (SSSR count). The van der Waals surface area contributed by atoms with E-state index in [2.05, 4.69) is 17.0 Å². The van der Waals surface area contributed by atoms with E-state index in [9.17, 15) is 18.0 Å². The average Bonchev–Trinajstić information content (AvgIpc) is 2.53. The van der Waals surface area contributed by atoms with Gasteiger partial charge in [-0.3, -0.25) is 14.6 Å². The van der Waals surface area contributed by atoms with Crippen molar-refractivity contribution in [2.24, 2.45) is 0 Å². The fourth-order valence-electron chi connectivity index (χ4n) is 2.65. The molecule has 0 saturated carbocycles. The molecule has 1 aromatic rings. The summed E-state index contributed by atoms with van der Waals surface area (Å²) in [6.07, 6.45) is -4.37. The van der Waals surface area contributed by atoms with Crippen LogP contribution in [-0.2, 0) is 11.3 Å². The maximum atomic E-state index is 12.1. The molecule has 0 unspecified atom stereocenters. The van der Waals surface area contributed by atoms with Crippen molar-refractivity contribution in [2.45, 2.75) is 25.7 Å². The molecule has 1 aromatic carbocycles. The summed E-state index contributed by atoms with van der Waals surface area (Å²) in [6.45, 7) is 4.17. The summed E-state index contributed by atoms with van der Waals surface area (Å²) >= 11 is 0. The number of hydrogen-bond acceptors (Lipinski definition) is 3. The van der Waals surface area contributed by atoms with E-state index in [1.807, 2.05) is 28.4 Å². The van der Waals surface area contributed by atoms with Crippen LogP contribution in [0, 0.1) is 0 Å². The Morgan fingerprint density at radius 2 is 1.78 bits per heavy atom. The highest BCUT2D eigenvalue weighted by Gasteiger charge is 2.31. The van der Waals surface area contributed by atoms with Gasteiger partial charge in [0, 0.05) is 32.7 Å². The van der Waals surface area contributed by atoms with Crippen molar-refractivity contribution in [1.29, 1.82) is 0 Å². The predicted octanol–water partition coefficient (Wildman–Crippen LogP) is 1.87. The number of benzene rings is 1. The van der Waals surface area contributed by atoms with Crippen LogP contribution in [0.4, 0.5) is 13.2 Å². The molecule has 128 valence electrons. The molecule has 1 fully saturated rings. The van der Waals surface area contributed by atoms with E-state index in [-0.39, 0.29) is 0 Å². The molecule has 1 amide bonds. The smallest absolute Gasteiger partial charge is 0.346 e. The largest absolute Gasteiger partial charge is 0.405 e. The zero-order valence-electron chi connectivity index (χ0n) is 13.1. The average molecular weight is 329 g/mol. The summed E-state index contributed by atoms with van der Waals surface area (Å²) in [5.41, 5.74) is 1.23. The van der Waals surface area contributed by atoms with Crippen LogP contribution in [-0.4, -0.2) is 60.6 Å². The second-order valence-electron chi connectivity index (χ2n) is 5.81. The van der Waals surface area contributed by atoms with E-state index < -0.39 is 24.7 Å². The molecular formula is C16H22F3N3O. The lowest BCUT2D eigenvalue weighted by Gasteiger charge is -2.37. The number of halogens is 3. The molecule has 1 N–H and O–H groups in total. The first kappa shape index (κ1) is 17.7. The Balaban J connectivity index is 1.76. The predicted molar refractivity (Wildman–Crippen MR) is 81.8 cm³/mol. The number of hydrogen-bond donors (Lipinski definition) is 1. The van der Waals surface area contributed by atoms with Gasteiger partial charge in [0.25, 0.3) is 0 Å². The van der Waals surface area contributed by atoms with Crippen LogP contribution in [0.15, 0.2) is 30.3 Å². The lowest BCUT2D eigenvalue weighted by atomic mass is 10.1. The van der Waals surface area contributed by atoms with E-state index in [1.54, 1.807) is 6.92 Å². The zero-order chi connectivity index (χ0) is 16.9. The van der Waals surface area contributed by atoms with E-state index in [4.69, 9.17) is 0 Å². The number of nitrogens with one attached hydrogen (secondary N) is 1. The number of piperazine rings is 1. The Kier molecular flexibility index (Phi) is 6.01. The topological polar surface area (TPSA) is 35.6 Å². The molecule has 1 heterocycles. The summed E-state index contributed by atoms with van der Waals surface area (Å²) in [5, 5.41) is 1.95. The van der Waals surface area contributed by atoms with Gasteiger partial charge in [0.05, 0.1) is 6.04 Å². The summed E-state index contributed by atoms with van der Waals surface area (Å²) in [7, 11) is 0. The Labute approximate surface area is 134 Å². The van der Waals surface area contributed by atoms with Crippen molar-refractivity contribution in [2.75, 3.05) is 32.7 Å². The Hall–Kier alpha value is -1.60. The minimum absolute atomic E-state index is 0.545. The first-order chi connectivity index (χ1) is 10.8. The minimum Gasteiger partial charge on any atom is -0.346 e. The standard InChI is InChI=1S/C16H22F3N3O/c1-13(15(23)20-12-16(17,18)19)22-9-7-21(8-10-22)11-14-5-3-2-4-6-14/h2-6,13H,7-12H2,1H3,(H,20,23)/t13-/m0/s1. The first-order valence-corrected chi connectivity index (χ1v) is 7.70. The molecule has 1 atom stereocenters. The van der Waals surface area contributed by atoms with Crippen molar-refractivity contribution in [3.05, 3.63) is 35.9 Å². The number of carbonyl (C=O) groups excluding carboxylic acids is 1. The van der Waals surface area contributed by atoms with Gasteiger partial charge in [0.1, 0.15) is 6.54 Å². The molecule has 23 heavy (non-hydrogen) atoms. The van der Waals surface area contributed by atoms with Gasteiger partial charge in [-0.25, -0.2) is 0 Å². The fourth-order valence-corrected chi connectivity index (χ4v) is 2.65. The fraction of sp³-hybridized carbons (Fsp3) is 0.562. The summed E-state index contributed by atoms with van der Waals surface area (Å²) < 4.78 is 36.4. The number of amides is 1. The third-order valence-electron chi connectivity index (χ3n) is 4.05. The molecule has 0 aromatic heterocycles. The van der Waals surface area contributed by atoms with Gasteiger partial charge in [-0.1, -0.05) is 30.3 Å². The number of carbonyl (C=O) groups is 1. The van der Waals surface area contributed by atoms with Gasteiger partial charge in [0.2, 0.25) is 5.91 Å². The monoisotopic (exact) mass is 329 g/mol. The van der Waals surface area contributed by atoms with Crippen LogP contribution >= 0.6 is 0 Å². The molecule has 0 radical (unpaired) electrons. The Bertz CT molecular complexity index is 499. The molecule has 0 bridgehead atoms. The quantitative estimate of drug-likeness (QED) is 0.896. The highest BCUT2D eigenvalue weighted by molar-refractivity contribution is 5.81. The molecule has 0 aliphatic carbocycles. The molecule has 0 spiro atoms. The van der Waals surface area contributed by atoms with Crippen molar-refractivity contribution >= 4 is 5.91 Å². The molecular weight excluding hydrogens is 307 g/mol. The maximum absolute atomic E-state index is 12.1. The van der Waals surface area contributed by atoms with Crippen molar-refractivity contribution in [3.63, 3.8) is 0 Å². The van der Waals surface area contributed by atoms with E-state index in [0.717, 1.165) is 19.6 Å². The van der Waals surface area contributed by atoms with E-state index in [1.165, 1.54) is 5.56 Å². The van der Waals surface area contributed by atoms with E-state index >= 15 is 0 Å². The molecule has 1 aliphatic rings. The van der Waals surface area contributed by atoms with Gasteiger partial charge < -0.3 is 5.32 Å². The molecule has 1 aliphatic heterocycles. The number of rotatable bonds is 5. The Morgan fingerprint density at radius 1 is 1.17 bits per heavy atom. The van der Waals surface area contributed by atoms with Crippen LogP contribution in [0.25, 0.3) is 0 Å². The van der Waals surface area contributed by atoms with Crippen LogP contribution in [0.5, 0.6) is 0 Å². The van der Waals surface area contributed by atoms with Crippen molar-refractivity contribution < 1.29 is 18.0 Å². The lowest BCUT2D eigenvalue weighted by molar-refractivity contribution is -0.141. The van der Waals surface area contributed by atoms with Crippen molar-refractivity contribution in [1.82, 2.24) is 15.1 Å². The van der Waals surface area contributed by atoms with Crippen LogP contribution < -0.4 is 5.32 Å². The maximum Gasteiger partial charge on any atom is 0.405 e. The van der Waals surface area contributed by atoms with Gasteiger partial charge in [-0.2, -0.15) is 13.2 Å². The SMILES string of the molecule is C[C@@H](C(=O)NCC(F)(F)F)N1CCN(Cc2ccccc2)CC1. The van der Waals surface area contributed by atoms with Crippen LogP contribution in [0.2, 0.25) is 0 Å². The normalized spacial score (nSPS) is 18.6. The molecule has 7 heteroatoms. The highest BCUT2D eigenvalue weighted by atomic mass is 19.4. The molecule has 4 nitrogen and oxygen atoms in total. The van der Waals surface area contributed by atoms with E-state index in [0.29, 0.717) is 13.1 Å². The second-order valence-corrected chi connectivity index (χ2v) is 5.81. The first-order valence-electron chi connectivity index (χ1n) is 7.70. The summed E-state index contributed by atoms with van der Waals surface area (Å²) in [4.78, 5) is 16.0.